The summed E-state index contributed by atoms with van der Waals surface area (Å²) in [5.74, 6) is 0. The summed E-state index contributed by atoms with van der Waals surface area (Å²) >= 11 is 0. The van der Waals surface area contributed by atoms with Gasteiger partial charge in [0.2, 0.25) is 10.0 Å². The second kappa shape index (κ2) is 3.08. The number of rotatable bonds is 2. The van der Waals surface area contributed by atoms with Gasteiger partial charge in [0.15, 0.2) is 0 Å². The van der Waals surface area contributed by atoms with Crippen molar-refractivity contribution in [3.8, 4) is 0 Å². The van der Waals surface area contributed by atoms with E-state index in [0.717, 1.165) is 4.47 Å². The molecule has 0 saturated heterocycles. The fraction of sp³-hybridized carbons (Fsp3) is 1.00. The third-order valence-electron chi connectivity index (χ3n) is 1.37. The quantitative estimate of drug-likeness (QED) is 0.586. The first kappa shape index (κ1) is 10.9. The third-order valence-corrected chi connectivity index (χ3v) is 3.74. The molecular weight excluding hydrogens is 166 g/mol. The molecule has 0 aliphatic rings. The first-order valence-electron chi connectivity index (χ1n) is 3.26. The number of sulfonamides is 1. The summed E-state index contributed by atoms with van der Waals surface area (Å²) in [6.07, 6.45) is 0. The van der Waals surface area contributed by atoms with E-state index in [-0.39, 0.29) is 0 Å². The Morgan fingerprint density at radius 2 is 1.64 bits per heavy atom. The summed E-state index contributed by atoms with van der Waals surface area (Å²) in [5, 5.41) is 0. The highest BCUT2D eigenvalue weighted by molar-refractivity contribution is 7.90. The van der Waals surface area contributed by atoms with Crippen molar-refractivity contribution in [2.75, 3.05) is 14.2 Å². The maximum absolute atomic E-state index is 11.4. The molecule has 0 aromatic carbocycles. The fourth-order valence-electron chi connectivity index (χ4n) is 0.484. The van der Waals surface area contributed by atoms with Crippen LogP contribution < -0.4 is 0 Å². The van der Waals surface area contributed by atoms with Gasteiger partial charge in [0.25, 0.3) is 0 Å². The van der Waals surface area contributed by atoms with Crippen molar-refractivity contribution >= 4 is 10.0 Å². The summed E-state index contributed by atoms with van der Waals surface area (Å²) in [5.41, 5.74) is 0. The van der Waals surface area contributed by atoms with Crippen LogP contribution in [0.1, 0.15) is 20.8 Å². The lowest BCUT2D eigenvalue weighted by Gasteiger charge is -2.24. The molecule has 0 saturated carbocycles. The molecule has 0 rings (SSSR count). The van der Waals surface area contributed by atoms with Crippen molar-refractivity contribution in [2.45, 2.75) is 25.5 Å². The lowest BCUT2D eigenvalue weighted by molar-refractivity contribution is -0.0277. The van der Waals surface area contributed by atoms with Crippen LogP contribution in [0.3, 0.4) is 0 Å². The van der Waals surface area contributed by atoms with Crippen LogP contribution in [-0.4, -0.2) is 31.8 Å². The molecule has 68 valence electrons. The maximum atomic E-state index is 11.4. The Kier molecular flexibility index (Phi) is 3.05. The van der Waals surface area contributed by atoms with Crippen LogP contribution in [0.15, 0.2) is 0 Å². The van der Waals surface area contributed by atoms with Crippen molar-refractivity contribution in [1.82, 2.24) is 4.47 Å². The topological polar surface area (TPSA) is 46.6 Å². The van der Waals surface area contributed by atoms with Gasteiger partial charge in [-0.1, -0.05) is 4.47 Å². The van der Waals surface area contributed by atoms with E-state index in [9.17, 15) is 8.42 Å². The van der Waals surface area contributed by atoms with E-state index in [1.54, 1.807) is 20.8 Å². The minimum absolute atomic E-state index is 0.808. The molecule has 0 aliphatic heterocycles. The highest BCUT2D eigenvalue weighted by atomic mass is 32.2. The zero-order chi connectivity index (χ0) is 9.28. The van der Waals surface area contributed by atoms with Crippen molar-refractivity contribution in [1.29, 1.82) is 0 Å². The Bertz CT molecular complexity index is 214. The highest BCUT2D eigenvalue weighted by Crippen LogP contribution is 2.18. The fourth-order valence-corrected chi connectivity index (χ4v) is 1.45. The molecule has 0 bridgehead atoms. The molecule has 5 heteroatoms. The largest absolute Gasteiger partial charge is 0.288 e. The van der Waals surface area contributed by atoms with E-state index in [1.807, 2.05) is 0 Å². The molecule has 0 fully saturated rings. The summed E-state index contributed by atoms with van der Waals surface area (Å²) < 4.78 is 22.8. The van der Waals surface area contributed by atoms with Gasteiger partial charge in [0.05, 0.1) is 11.9 Å². The summed E-state index contributed by atoms with van der Waals surface area (Å²) in [6, 6.07) is 0. The molecule has 0 unspecified atom stereocenters. The Hall–Kier alpha value is -0.130. The lowest BCUT2D eigenvalue weighted by atomic mass is 10.3. The molecule has 4 nitrogen and oxygen atoms in total. The lowest BCUT2D eigenvalue weighted by Crippen LogP contribution is -2.40. The van der Waals surface area contributed by atoms with Crippen molar-refractivity contribution < 1.29 is 13.3 Å². The van der Waals surface area contributed by atoms with E-state index < -0.39 is 14.8 Å². The smallest absolute Gasteiger partial charge is 0.240 e. The van der Waals surface area contributed by atoms with Crippen LogP contribution in [0, 0.1) is 0 Å². The van der Waals surface area contributed by atoms with Gasteiger partial charge in [-0.05, 0) is 20.8 Å². The van der Waals surface area contributed by atoms with Gasteiger partial charge in [-0.15, -0.1) is 0 Å². The number of hydroxylamine groups is 1. The molecule has 0 aromatic rings. The van der Waals surface area contributed by atoms with Crippen LogP contribution in [0.5, 0.6) is 0 Å². The molecule has 0 heterocycles. The van der Waals surface area contributed by atoms with E-state index >= 15 is 0 Å². The minimum Gasteiger partial charge on any atom is -0.288 e. The first-order valence-corrected chi connectivity index (χ1v) is 4.70. The second-order valence-corrected chi connectivity index (χ2v) is 5.90. The second-order valence-electron chi connectivity index (χ2n) is 3.21. The van der Waals surface area contributed by atoms with E-state index in [0.29, 0.717) is 0 Å². The first-order chi connectivity index (χ1) is 4.73. The Morgan fingerprint density at radius 3 is 1.73 bits per heavy atom. The SMILES string of the molecule is CON(C)S(=O)(=O)C(C)(C)C. The monoisotopic (exact) mass is 181 g/mol. The normalized spacial score (nSPS) is 14.0. The number of hydrogen-bond donors (Lipinski definition) is 0. The standard InChI is InChI=1S/C6H15NO3S/c1-6(2,3)11(8,9)7(4)10-5/h1-5H3. The number of nitrogens with zero attached hydrogens (tertiary/aromatic N) is 1. The molecule has 0 radical (unpaired) electrons. The molecule has 0 aromatic heterocycles. The van der Waals surface area contributed by atoms with Gasteiger partial charge in [0, 0.05) is 7.05 Å². The maximum Gasteiger partial charge on any atom is 0.240 e. The van der Waals surface area contributed by atoms with Crippen LogP contribution >= 0.6 is 0 Å². The Morgan fingerprint density at radius 1 is 1.27 bits per heavy atom. The van der Waals surface area contributed by atoms with Crippen LogP contribution in [0.4, 0.5) is 0 Å². The zero-order valence-corrected chi connectivity index (χ0v) is 8.40. The zero-order valence-electron chi connectivity index (χ0n) is 7.58. The molecule has 0 aliphatic carbocycles. The van der Waals surface area contributed by atoms with Gasteiger partial charge < -0.3 is 0 Å². The van der Waals surface area contributed by atoms with Crippen LogP contribution in [-0.2, 0) is 14.9 Å². The molecular formula is C6H15NO3S. The molecule has 0 atom stereocenters. The molecule has 0 amide bonds. The Labute approximate surface area is 68.2 Å². The number of hydrogen-bond acceptors (Lipinski definition) is 3. The molecule has 11 heavy (non-hydrogen) atoms. The minimum atomic E-state index is -3.32. The predicted molar refractivity (Wildman–Crippen MR) is 43.4 cm³/mol. The summed E-state index contributed by atoms with van der Waals surface area (Å²) in [4.78, 5) is 4.59. The summed E-state index contributed by atoms with van der Waals surface area (Å²) in [6.45, 7) is 4.87. The Balaban J connectivity index is 4.77. The molecule has 0 N–H and O–H groups in total. The van der Waals surface area contributed by atoms with Crippen LogP contribution in [0.2, 0.25) is 0 Å². The van der Waals surface area contributed by atoms with Gasteiger partial charge in [-0.3, -0.25) is 4.84 Å². The summed E-state index contributed by atoms with van der Waals surface area (Å²) in [7, 11) is -0.617. The van der Waals surface area contributed by atoms with Crippen molar-refractivity contribution in [3.05, 3.63) is 0 Å². The van der Waals surface area contributed by atoms with Gasteiger partial charge in [-0.2, -0.15) is 0 Å². The van der Waals surface area contributed by atoms with Gasteiger partial charge >= 0.3 is 0 Å². The van der Waals surface area contributed by atoms with Crippen molar-refractivity contribution in [3.63, 3.8) is 0 Å². The van der Waals surface area contributed by atoms with E-state index in [1.165, 1.54) is 14.2 Å². The van der Waals surface area contributed by atoms with Gasteiger partial charge in [-0.25, -0.2) is 8.42 Å². The average molecular weight is 181 g/mol. The van der Waals surface area contributed by atoms with Gasteiger partial charge in [0.1, 0.15) is 0 Å². The van der Waals surface area contributed by atoms with E-state index in [4.69, 9.17) is 0 Å². The van der Waals surface area contributed by atoms with E-state index in [2.05, 4.69) is 4.84 Å². The average Bonchev–Trinajstić information content (AvgIpc) is 1.83. The van der Waals surface area contributed by atoms with Crippen LogP contribution in [0.25, 0.3) is 0 Å². The third kappa shape index (κ3) is 2.15. The predicted octanol–water partition coefficient (Wildman–Crippen LogP) is 0.608. The highest BCUT2D eigenvalue weighted by Gasteiger charge is 2.33. The van der Waals surface area contributed by atoms with Crippen molar-refractivity contribution in [2.24, 2.45) is 0 Å². The molecule has 0 spiro atoms.